The molecule has 0 aliphatic heterocycles. The van der Waals surface area contributed by atoms with Crippen molar-refractivity contribution in [2.24, 2.45) is 14.1 Å². The number of imidazole rings is 1. The highest BCUT2D eigenvalue weighted by Gasteiger charge is 2.18. The fraction of sp³-hybridized carbons (Fsp3) is 0.455. The van der Waals surface area contributed by atoms with Gasteiger partial charge in [0, 0.05) is 38.1 Å². The number of aromatic nitrogens is 4. The van der Waals surface area contributed by atoms with E-state index in [1.807, 2.05) is 20.9 Å². The number of rotatable bonds is 4. The Morgan fingerprint density at radius 2 is 2.00 bits per heavy atom. The van der Waals surface area contributed by atoms with Crippen LogP contribution in [0.3, 0.4) is 0 Å². The van der Waals surface area contributed by atoms with Crippen molar-refractivity contribution in [2.45, 2.75) is 25.4 Å². The summed E-state index contributed by atoms with van der Waals surface area (Å²) < 4.78 is 29.9. The Kier molecular flexibility index (Phi) is 3.46. The van der Waals surface area contributed by atoms with Crippen LogP contribution < -0.4 is 4.72 Å². The van der Waals surface area contributed by atoms with E-state index in [-0.39, 0.29) is 11.6 Å². The number of hydrogen-bond acceptors (Lipinski definition) is 4. The summed E-state index contributed by atoms with van der Waals surface area (Å²) in [6, 6.07) is 0. The molecule has 0 spiro atoms. The lowest BCUT2D eigenvalue weighted by Crippen LogP contribution is -2.24. The van der Waals surface area contributed by atoms with Gasteiger partial charge < -0.3 is 4.57 Å². The molecule has 2 heterocycles. The third kappa shape index (κ3) is 2.69. The fourth-order valence-corrected chi connectivity index (χ4v) is 2.82. The molecule has 0 atom stereocenters. The molecule has 0 unspecified atom stereocenters. The lowest BCUT2D eigenvalue weighted by Gasteiger charge is -2.05. The molecule has 0 aliphatic carbocycles. The topological polar surface area (TPSA) is 81.8 Å². The Morgan fingerprint density at radius 1 is 1.32 bits per heavy atom. The SMILES string of the molecule is Cc1nn(C)c(C)c1CNS(=O)(=O)c1cn(C)cn1. The molecule has 2 aromatic heterocycles. The maximum atomic E-state index is 12.0. The lowest BCUT2D eigenvalue weighted by molar-refractivity contribution is 0.577. The first-order chi connectivity index (χ1) is 8.81. The average molecular weight is 283 g/mol. The molecule has 0 amide bonds. The quantitative estimate of drug-likeness (QED) is 0.872. The van der Waals surface area contributed by atoms with Gasteiger partial charge in [-0.05, 0) is 13.8 Å². The molecule has 0 saturated carbocycles. The van der Waals surface area contributed by atoms with Gasteiger partial charge in [0.15, 0.2) is 5.03 Å². The Bertz CT molecular complexity index is 699. The first-order valence-corrected chi connectivity index (χ1v) is 7.26. The van der Waals surface area contributed by atoms with Crippen LogP contribution in [-0.2, 0) is 30.7 Å². The highest BCUT2D eigenvalue weighted by molar-refractivity contribution is 7.89. The van der Waals surface area contributed by atoms with Crippen molar-refractivity contribution in [2.75, 3.05) is 0 Å². The van der Waals surface area contributed by atoms with Crippen molar-refractivity contribution in [1.82, 2.24) is 24.1 Å². The predicted octanol–water partition coefficient (Wildman–Crippen LogP) is 0.249. The minimum atomic E-state index is -3.58. The largest absolute Gasteiger partial charge is 0.339 e. The molecule has 19 heavy (non-hydrogen) atoms. The van der Waals surface area contributed by atoms with Crippen molar-refractivity contribution in [3.05, 3.63) is 29.5 Å². The molecule has 8 heteroatoms. The third-order valence-electron chi connectivity index (χ3n) is 3.05. The van der Waals surface area contributed by atoms with Crippen molar-refractivity contribution in [1.29, 1.82) is 0 Å². The number of sulfonamides is 1. The Hall–Kier alpha value is -1.67. The second-order valence-electron chi connectivity index (χ2n) is 4.47. The monoisotopic (exact) mass is 283 g/mol. The Labute approximate surface area is 112 Å². The highest BCUT2D eigenvalue weighted by atomic mass is 32.2. The average Bonchev–Trinajstić information content (AvgIpc) is 2.84. The molecule has 0 bridgehead atoms. The van der Waals surface area contributed by atoms with Crippen LogP contribution in [0, 0.1) is 13.8 Å². The van der Waals surface area contributed by atoms with Gasteiger partial charge in [0.25, 0.3) is 10.0 Å². The molecule has 7 nitrogen and oxygen atoms in total. The summed E-state index contributed by atoms with van der Waals surface area (Å²) in [6.07, 6.45) is 2.92. The summed E-state index contributed by atoms with van der Waals surface area (Å²) in [6.45, 7) is 3.98. The van der Waals surface area contributed by atoms with Crippen LogP contribution in [0.15, 0.2) is 17.6 Å². The van der Waals surface area contributed by atoms with E-state index in [0.29, 0.717) is 0 Å². The van der Waals surface area contributed by atoms with Crippen LogP contribution in [0.2, 0.25) is 0 Å². The van der Waals surface area contributed by atoms with E-state index in [1.165, 1.54) is 12.5 Å². The zero-order valence-electron chi connectivity index (χ0n) is 11.4. The van der Waals surface area contributed by atoms with Crippen LogP contribution in [0.5, 0.6) is 0 Å². The van der Waals surface area contributed by atoms with E-state index in [1.54, 1.807) is 16.3 Å². The van der Waals surface area contributed by atoms with E-state index in [4.69, 9.17) is 0 Å². The van der Waals surface area contributed by atoms with Crippen LogP contribution in [0.25, 0.3) is 0 Å². The molecule has 1 N–H and O–H groups in total. The Balaban J connectivity index is 2.18. The predicted molar refractivity (Wildman–Crippen MR) is 69.9 cm³/mol. The maximum absolute atomic E-state index is 12.0. The minimum Gasteiger partial charge on any atom is -0.339 e. The second kappa shape index (κ2) is 4.78. The van der Waals surface area contributed by atoms with Gasteiger partial charge in [0.2, 0.25) is 0 Å². The number of aryl methyl sites for hydroxylation is 3. The zero-order valence-corrected chi connectivity index (χ0v) is 12.2. The molecule has 0 aliphatic rings. The van der Waals surface area contributed by atoms with Gasteiger partial charge in [-0.2, -0.15) is 5.10 Å². The summed E-state index contributed by atoms with van der Waals surface area (Å²) >= 11 is 0. The van der Waals surface area contributed by atoms with Crippen LogP contribution in [-0.4, -0.2) is 27.7 Å². The third-order valence-corrected chi connectivity index (χ3v) is 4.34. The smallest absolute Gasteiger partial charge is 0.259 e. The maximum Gasteiger partial charge on any atom is 0.259 e. The van der Waals surface area contributed by atoms with E-state index in [2.05, 4.69) is 14.8 Å². The summed E-state index contributed by atoms with van der Waals surface area (Å²) in [5.74, 6) is 0. The molecular weight excluding hydrogens is 266 g/mol. The van der Waals surface area contributed by atoms with Crippen LogP contribution >= 0.6 is 0 Å². The van der Waals surface area contributed by atoms with Gasteiger partial charge in [-0.15, -0.1) is 0 Å². The fourth-order valence-electron chi connectivity index (χ4n) is 1.84. The summed E-state index contributed by atoms with van der Waals surface area (Å²) in [7, 11) is -0.0248. The molecule has 0 saturated heterocycles. The Morgan fingerprint density at radius 3 is 2.47 bits per heavy atom. The second-order valence-corrected chi connectivity index (χ2v) is 6.19. The van der Waals surface area contributed by atoms with Crippen molar-refractivity contribution in [3.8, 4) is 0 Å². The molecule has 0 radical (unpaired) electrons. The molecule has 2 rings (SSSR count). The van der Waals surface area contributed by atoms with Gasteiger partial charge in [0.1, 0.15) is 0 Å². The molecular formula is C11H17N5O2S. The first-order valence-electron chi connectivity index (χ1n) is 5.78. The van der Waals surface area contributed by atoms with Crippen molar-refractivity contribution >= 4 is 10.0 Å². The van der Waals surface area contributed by atoms with Gasteiger partial charge in [-0.3, -0.25) is 4.68 Å². The highest BCUT2D eigenvalue weighted by Crippen LogP contribution is 2.13. The van der Waals surface area contributed by atoms with Crippen LogP contribution in [0.4, 0.5) is 0 Å². The summed E-state index contributed by atoms with van der Waals surface area (Å²) in [5.41, 5.74) is 2.66. The molecule has 0 fully saturated rings. The molecule has 2 aromatic rings. The van der Waals surface area contributed by atoms with E-state index < -0.39 is 10.0 Å². The molecule has 104 valence electrons. The normalized spacial score (nSPS) is 12.0. The first kappa shape index (κ1) is 13.8. The number of hydrogen-bond donors (Lipinski definition) is 1. The van der Waals surface area contributed by atoms with Gasteiger partial charge in [-0.25, -0.2) is 18.1 Å². The van der Waals surface area contributed by atoms with Crippen molar-refractivity contribution < 1.29 is 8.42 Å². The van der Waals surface area contributed by atoms with Crippen LogP contribution in [0.1, 0.15) is 17.0 Å². The minimum absolute atomic E-state index is 0.0224. The standard InChI is InChI=1S/C11H17N5O2S/c1-8-10(9(2)16(4)14-8)5-13-19(17,18)11-6-15(3)7-12-11/h6-7,13H,5H2,1-4H3. The van der Waals surface area contributed by atoms with Crippen molar-refractivity contribution in [3.63, 3.8) is 0 Å². The zero-order chi connectivity index (χ0) is 14.2. The van der Waals surface area contributed by atoms with Gasteiger partial charge in [-0.1, -0.05) is 0 Å². The van der Waals surface area contributed by atoms with Gasteiger partial charge >= 0.3 is 0 Å². The van der Waals surface area contributed by atoms with E-state index in [0.717, 1.165) is 17.0 Å². The summed E-state index contributed by atoms with van der Waals surface area (Å²) in [5, 5.41) is 4.27. The lowest BCUT2D eigenvalue weighted by atomic mass is 10.2. The van der Waals surface area contributed by atoms with Gasteiger partial charge in [0.05, 0.1) is 12.0 Å². The molecule has 0 aromatic carbocycles. The number of nitrogens with one attached hydrogen (secondary N) is 1. The van der Waals surface area contributed by atoms with E-state index >= 15 is 0 Å². The number of nitrogens with zero attached hydrogens (tertiary/aromatic N) is 4. The summed E-state index contributed by atoms with van der Waals surface area (Å²) in [4.78, 5) is 3.84. The van der Waals surface area contributed by atoms with E-state index in [9.17, 15) is 8.42 Å².